The fourth-order valence-electron chi connectivity index (χ4n) is 4.59. The zero-order valence-electron chi connectivity index (χ0n) is 20.3. The van der Waals surface area contributed by atoms with Crippen LogP contribution in [0.15, 0.2) is 95.4 Å². The Balaban J connectivity index is 1.15. The van der Waals surface area contributed by atoms with Crippen LogP contribution in [0.3, 0.4) is 0 Å². The second-order valence-corrected chi connectivity index (χ2v) is 9.22. The number of benzene rings is 3. The van der Waals surface area contributed by atoms with Crippen LogP contribution < -0.4 is 5.32 Å². The first-order chi connectivity index (χ1) is 17.6. The van der Waals surface area contributed by atoms with Crippen LogP contribution in [0.4, 0.5) is 5.69 Å². The second kappa shape index (κ2) is 11.1. The maximum atomic E-state index is 12.8. The lowest BCUT2D eigenvalue weighted by molar-refractivity contribution is -0.132. The molecule has 2 heterocycles. The van der Waals surface area contributed by atoms with Crippen molar-refractivity contribution in [2.75, 3.05) is 11.9 Å². The predicted octanol–water partition coefficient (Wildman–Crippen LogP) is 6.04. The van der Waals surface area contributed by atoms with Crippen LogP contribution in [-0.2, 0) is 35.4 Å². The molecule has 1 aliphatic rings. The van der Waals surface area contributed by atoms with Gasteiger partial charge in [0.1, 0.15) is 11.5 Å². The Morgan fingerprint density at radius 3 is 2.11 bits per heavy atom. The van der Waals surface area contributed by atoms with E-state index in [0.29, 0.717) is 32.4 Å². The number of rotatable bonds is 8. The van der Waals surface area contributed by atoms with Gasteiger partial charge in [-0.1, -0.05) is 60.7 Å². The van der Waals surface area contributed by atoms with E-state index in [1.165, 1.54) is 5.56 Å². The smallest absolute Gasteiger partial charge is 0.224 e. The van der Waals surface area contributed by atoms with Crippen LogP contribution in [0.25, 0.3) is 11.3 Å². The Morgan fingerprint density at radius 2 is 1.44 bits per heavy atom. The zero-order valence-corrected chi connectivity index (χ0v) is 20.3. The summed E-state index contributed by atoms with van der Waals surface area (Å²) >= 11 is 0. The van der Waals surface area contributed by atoms with Crippen LogP contribution in [0, 0.1) is 0 Å². The van der Waals surface area contributed by atoms with E-state index in [9.17, 15) is 9.59 Å². The van der Waals surface area contributed by atoms with Crippen molar-refractivity contribution in [2.45, 2.75) is 38.6 Å². The molecule has 0 radical (unpaired) electrons. The maximum Gasteiger partial charge on any atom is 0.224 e. The highest BCUT2D eigenvalue weighted by Crippen LogP contribution is 2.30. The van der Waals surface area contributed by atoms with Gasteiger partial charge in [0.15, 0.2) is 0 Å². The van der Waals surface area contributed by atoms with Gasteiger partial charge in [0.25, 0.3) is 0 Å². The van der Waals surface area contributed by atoms with Crippen molar-refractivity contribution in [3.8, 4) is 11.3 Å². The van der Waals surface area contributed by atoms with E-state index < -0.39 is 0 Å². The number of hydrogen-bond acceptors (Lipinski definition) is 3. The van der Waals surface area contributed by atoms with Gasteiger partial charge < -0.3 is 14.6 Å². The molecular weight excluding hydrogens is 448 g/mol. The second-order valence-electron chi connectivity index (χ2n) is 9.22. The summed E-state index contributed by atoms with van der Waals surface area (Å²) in [5.41, 5.74) is 5.13. The number of hydrogen-bond donors (Lipinski definition) is 1. The molecule has 0 unspecified atom stereocenters. The Hall–Kier alpha value is -4.12. The highest BCUT2D eigenvalue weighted by molar-refractivity contribution is 5.91. The third-order valence-electron chi connectivity index (χ3n) is 6.63. The standard InChI is InChI=1S/C31H30N2O3/c34-30(17-11-23-7-3-1-4-8-23)32-27-15-13-25(14-16-27)29-21-26-22-33(20-19-28(26)36-29)31(35)18-12-24-9-5-2-6-10-24/h1-10,13-16,21H,11-12,17-20,22H2,(H,32,34). The van der Waals surface area contributed by atoms with E-state index in [1.807, 2.05) is 83.8 Å². The van der Waals surface area contributed by atoms with E-state index in [4.69, 9.17) is 4.42 Å². The number of furan rings is 1. The fourth-order valence-corrected chi connectivity index (χ4v) is 4.59. The quantitative estimate of drug-likeness (QED) is 0.336. The van der Waals surface area contributed by atoms with Gasteiger partial charge in [0.2, 0.25) is 11.8 Å². The fraction of sp³-hybridized carbons (Fsp3) is 0.226. The Bertz CT molecular complexity index is 1310. The molecule has 0 saturated carbocycles. The first kappa shape index (κ1) is 23.6. The SMILES string of the molecule is O=C(CCc1ccccc1)Nc1ccc(-c2cc3c(o2)CCN(C(=O)CCc2ccccc2)C3)cc1. The van der Waals surface area contributed by atoms with Gasteiger partial charge >= 0.3 is 0 Å². The molecule has 0 aliphatic carbocycles. The van der Waals surface area contributed by atoms with E-state index in [2.05, 4.69) is 17.4 Å². The molecular formula is C31H30N2O3. The average molecular weight is 479 g/mol. The molecule has 5 heteroatoms. The Labute approximate surface area is 211 Å². The molecule has 5 rings (SSSR count). The summed E-state index contributed by atoms with van der Waals surface area (Å²) in [6.45, 7) is 1.27. The summed E-state index contributed by atoms with van der Waals surface area (Å²) in [6, 6.07) is 29.9. The van der Waals surface area contributed by atoms with Crippen LogP contribution >= 0.6 is 0 Å². The Morgan fingerprint density at radius 1 is 0.806 bits per heavy atom. The number of carbonyl (C=O) groups is 2. The summed E-state index contributed by atoms with van der Waals surface area (Å²) in [5.74, 6) is 1.92. The highest BCUT2D eigenvalue weighted by atomic mass is 16.3. The number of nitrogens with one attached hydrogen (secondary N) is 1. The normalized spacial score (nSPS) is 12.7. The number of aryl methyl sites for hydroxylation is 2. The summed E-state index contributed by atoms with van der Waals surface area (Å²) in [4.78, 5) is 27.0. The third kappa shape index (κ3) is 5.92. The van der Waals surface area contributed by atoms with Crippen LogP contribution in [0.5, 0.6) is 0 Å². The summed E-state index contributed by atoms with van der Waals surface area (Å²) in [7, 11) is 0. The lowest BCUT2D eigenvalue weighted by atomic mass is 10.1. The number of amides is 2. The van der Waals surface area contributed by atoms with Crippen LogP contribution in [-0.4, -0.2) is 23.3 Å². The monoisotopic (exact) mass is 478 g/mol. The van der Waals surface area contributed by atoms with Crippen molar-refractivity contribution in [1.29, 1.82) is 0 Å². The molecule has 1 aromatic heterocycles. The molecule has 3 aromatic carbocycles. The lowest BCUT2D eigenvalue weighted by Crippen LogP contribution is -2.35. The minimum absolute atomic E-state index is 0.00270. The average Bonchev–Trinajstić information content (AvgIpc) is 3.36. The first-order valence-corrected chi connectivity index (χ1v) is 12.5. The highest BCUT2D eigenvalue weighted by Gasteiger charge is 2.24. The van der Waals surface area contributed by atoms with Crippen LogP contribution in [0.1, 0.15) is 35.3 Å². The van der Waals surface area contributed by atoms with Crippen molar-refractivity contribution in [3.63, 3.8) is 0 Å². The number of fused-ring (bicyclic) bond motifs is 1. The molecule has 5 nitrogen and oxygen atoms in total. The molecule has 2 amide bonds. The molecule has 36 heavy (non-hydrogen) atoms. The maximum absolute atomic E-state index is 12.8. The van der Waals surface area contributed by atoms with Gasteiger partial charge in [-0.25, -0.2) is 0 Å². The van der Waals surface area contributed by atoms with Crippen molar-refractivity contribution in [1.82, 2.24) is 4.90 Å². The summed E-state index contributed by atoms with van der Waals surface area (Å²) in [5, 5.41) is 2.97. The molecule has 0 bridgehead atoms. The molecule has 4 aromatic rings. The molecule has 0 spiro atoms. The number of carbonyl (C=O) groups excluding carboxylic acids is 2. The molecule has 182 valence electrons. The first-order valence-electron chi connectivity index (χ1n) is 12.5. The Kier molecular flexibility index (Phi) is 7.27. The van der Waals surface area contributed by atoms with Gasteiger partial charge in [0, 0.05) is 49.2 Å². The van der Waals surface area contributed by atoms with Gasteiger partial charge in [-0.05, 0) is 54.3 Å². The van der Waals surface area contributed by atoms with E-state index in [1.54, 1.807) is 0 Å². The van der Waals surface area contributed by atoms with Crippen molar-refractivity contribution in [2.24, 2.45) is 0 Å². The van der Waals surface area contributed by atoms with Crippen molar-refractivity contribution < 1.29 is 14.0 Å². The van der Waals surface area contributed by atoms with E-state index >= 15 is 0 Å². The topological polar surface area (TPSA) is 62.6 Å². The van der Waals surface area contributed by atoms with E-state index in [0.717, 1.165) is 46.7 Å². The molecule has 0 atom stereocenters. The van der Waals surface area contributed by atoms with Gasteiger partial charge in [-0.2, -0.15) is 0 Å². The van der Waals surface area contributed by atoms with Gasteiger partial charge in [0.05, 0.1) is 0 Å². The molecule has 0 saturated heterocycles. The van der Waals surface area contributed by atoms with Gasteiger partial charge in [-0.3, -0.25) is 9.59 Å². The van der Waals surface area contributed by atoms with Crippen molar-refractivity contribution in [3.05, 3.63) is 113 Å². The van der Waals surface area contributed by atoms with Gasteiger partial charge in [-0.15, -0.1) is 0 Å². The zero-order chi connectivity index (χ0) is 24.7. The molecule has 0 fully saturated rings. The lowest BCUT2D eigenvalue weighted by Gasteiger charge is -2.26. The largest absolute Gasteiger partial charge is 0.461 e. The summed E-state index contributed by atoms with van der Waals surface area (Å²) in [6.07, 6.45) is 3.16. The summed E-state index contributed by atoms with van der Waals surface area (Å²) < 4.78 is 6.13. The third-order valence-corrected chi connectivity index (χ3v) is 6.63. The molecule has 1 aliphatic heterocycles. The van der Waals surface area contributed by atoms with Crippen molar-refractivity contribution >= 4 is 17.5 Å². The minimum atomic E-state index is -0.00270. The number of anilines is 1. The predicted molar refractivity (Wildman–Crippen MR) is 141 cm³/mol. The number of nitrogens with zero attached hydrogens (tertiary/aromatic N) is 1. The van der Waals surface area contributed by atoms with E-state index in [-0.39, 0.29) is 11.8 Å². The van der Waals surface area contributed by atoms with Crippen LogP contribution in [0.2, 0.25) is 0 Å². The minimum Gasteiger partial charge on any atom is -0.461 e. The molecule has 1 N–H and O–H groups in total.